The predicted molar refractivity (Wildman–Crippen MR) is 91.8 cm³/mol. The van der Waals surface area contributed by atoms with Crippen molar-refractivity contribution in [2.45, 2.75) is 52.0 Å². The van der Waals surface area contributed by atoms with Crippen molar-refractivity contribution in [2.75, 3.05) is 18.1 Å². The van der Waals surface area contributed by atoms with Crippen LogP contribution in [0.3, 0.4) is 0 Å². The molecule has 1 rings (SSSR count). The Bertz CT molecular complexity index is 338. The third-order valence-corrected chi connectivity index (χ3v) is 4.73. The number of aliphatic hydroxyl groups is 1. The molecule has 0 aromatic carbocycles. The van der Waals surface area contributed by atoms with Crippen LogP contribution in [0.5, 0.6) is 0 Å². The first-order chi connectivity index (χ1) is 9.70. The van der Waals surface area contributed by atoms with Crippen LogP contribution in [0.2, 0.25) is 0 Å². The maximum Gasteiger partial charge on any atom is 0.0501 e. The van der Waals surface area contributed by atoms with Gasteiger partial charge in [-0.05, 0) is 43.6 Å². The maximum absolute atomic E-state index is 8.73. The van der Waals surface area contributed by atoms with Crippen LogP contribution in [0.4, 0.5) is 0 Å². The Kier molecular flexibility index (Phi) is 8.95. The summed E-state index contributed by atoms with van der Waals surface area (Å²) in [5.41, 5.74) is 0.108. The summed E-state index contributed by atoms with van der Waals surface area (Å²) in [5, 5.41) is 8.73. The zero-order valence-corrected chi connectivity index (χ0v) is 13.7. The summed E-state index contributed by atoms with van der Waals surface area (Å²) in [6.45, 7) is 4.78. The molecule has 114 valence electrons. The molecule has 0 aromatic rings. The van der Waals surface area contributed by atoms with E-state index >= 15 is 0 Å². The molecule has 20 heavy (non-hydrogen) atoms. The summed E-state index contributed by atoms with van der Waals surface area (Å²) >= 11 is 1.99. The molecule has 2 unspecified atom stereocenters. The average molecular weight is 295 g/mol. The quantitative estimate of drug-likeness (QED) is 0.482. The van der Waals surface area contributed by atoms with E-state index in [1.54, 1.807) is 0 Å². The predicted octanol–water partition coefficient (Wildman–Crippen LogP) is 4.25. The van der Waals surface area contributed by atoms with Gasteiger partial charge in [-0.1, -0.05) is 38.2 Å². The van der Waals surface area contributed by atoms with Crippen molar-refractivity contribution in [3.05, 3.63) is 24.3 Å². The minimum Gasteiger partial charge on any atom is -0.396 e. The van der Waals surface area contributed by atoms with E-state index in [4.69, 9.17) is 10.1 Å². The molecule has 0 fully saturated rings. The maximum atomic E-state index is 8.73. The zero-order chi connectivity index (χ0) is 14.7. The lowest BCUT2D eigenvalue weighted by molar-refractivity contribution is 0.287. The van der Waals surface area contributed by atoms with E-state index in [0.29, 0.717) is 12.6 Å². The van der Waals surface area contributed by atoms with Crippen molar-refractivity contribution >= 4 is 18.0 Å². The van der Waals surface area contributed by atoms with Crippen LogP contribution in [-0.4, -0.2) is 35.5 Å². The normalized spacial score (nSPS) is 23.6. The van der Waals surface area contributed by atoms with Gasteiger partial charge in [0.1, 0.15) is 0 Å². The minimum absolute atomic E-state index is 0.108. The summed E-state index contributed by atoms with van der Waals surface area (Å²) in [7, 11) is 0. The third-order valence-electron chi connectivity index (χ3n) is 3.63. The van der Waals surface area contributed by atoms with Gasteiger partial charge in [-0.25, -0.2) is 0 Å². The topological polar surface area (TPSA) is 32.6 Å². The number of hydrogen-bond acceptors (Lipinski definition) is 3. The monoisotopic (exact) mass is 295 g/mol. The second kappa shape index (κ2) is 10.2. The minimum atomic E-state index is 0.108. The first-order valence-corrected chi connectivity index (χ1v) is 8.93. The molecule has 0 aromatic heterocycles. The number of allylic oxidation sites excluding steroid dienone is 4. The van der Waals surface area contributed by atoms with Crippen LogP contribution in [0.25, 0.3) is 0 Å². The highest BCUT2D eigenvalue weighted by Gasteiger charge is 2.18. The molecule has 3 heteroatoms. The molecule has 1 N–H and O–H groups in total. The number of hydrogen-bond donors (Lipinski definition) is 1. The molecule has 1 aliphatic rings. The molecule has 0 saturated heterocycles. The van der Waals surface area contributed by atoms with E-state index in [0.717, 1.165) is 37.9 Å². The van der Waals surface area contributed by atoms with Gasteiger partial charge in [0.15, 0.2) is 0 Å². The van der Waals surface area contributed by atoms with E-state index in [9.17, 15) is 0 Å². The molecule has 0 bridgehead atoms. The van der Waals surface area contributed by atoms with Crippen LogP contribution in [0.15, 0.2) is 29.3 Å². The Hall–Kier alpha value is -0.540. The first-order valence-electron chi connectivity index (χ1n) is 7.77. The number of aliphatic imine (C=N–C) groups is 1. The number of unbranched alkanes of at least 4 members (excludes halogenated alkanes) is 1. The number of aliphatic hydroxyl groups excluding tert-OH is 1. The van der Waals surface area contributed by atoms with Crippen molar-refractivity contribution in [2.24, 2.45) is 10.4 Å². The third kappa shape index (κ3) is 7.30. The van der Waals surface area contributed by atoms with Gasteiger partial charge in [0, 0.05) is 18.2 Å². The summed E-state index contributed by atoms with van der Waals surface area (Å²) in [5.74, 6) is 2.33. The fourth-order valence-corrected chi connectivity index (χ4v) is 3.19. The van der Waals surface area contributed by atoms with Gasteiger partial charge in [0.05, 0.1) is 6.04 Å². The molecule has 0 saturated carbocycles. The summed E-state index contributed by atoms with van der Waals surface area (Å²) in [6.07, 6.45) is 16.2. The molecule has 0 spiro atoms. The fourth-order valence-electron chi connectivity index (χ4n) is 2.14. The Labute approximate surface area is 128 Å². The van der Waals surface area contributed by atoms with Crippen molar-refractivity contribution in [3.8, 4) is 0 Å². The molecular formula is C17H29NOS. The Morgan fingerprint density at radius 1 is 1.35 bits per heavy atom. The van der Waals surface area contributed by atoms with Crippen LogP contribution in [-0.2, 0) is 0 Å². The lowest BCUT2D eigenvalue weighted by Crippen LogP contribution is -2.17. The van der Waals surface area contributed by atoms with Crippen molar-refractivity contribution in [1.29, 1.82) is 0 Å². The van der Waals surface area contributed by atoms with Crippen LogP contribution >= 0.6 is 11.8 Å². The lowest BCUT2D eigenvalue weighted by atomic mass is 9.85. The Morgan fingerprint density at radius 2 is 2.20 bits per heavy atom. The molecule has 0 heterocycles. The molecule has 2 atom stereocenters. The van der Waals surface area contributed by atoms with Crippen LogP contribution < -0.4 is 0 Å². The SMILES string of the molecule is CCC(CCSCCCCO)N=CC1(C)C=CC=CC1. The van der Waals surface area contributed by atoms with E-state index in [2.05, 4.69) is 44.4 Å². The van der Waals surface area contributed by atoms with Crippen molar-refractivity contribution < 1.29 is 5.11 Å². The number of rotatable bonds is 10. The number of thioether (sulfide) groups is 1. The van der Waals surface area contributed by atoms with Crippen molar-refractivity contribution in [1.82, 2.24) is 0 Å². The van der Waals surface area contributed by atoms with E-state index in [1.165, 1.54) is 5.75 Å². The van der Waals surface area contributed by atoms with Gasteiger partial charge in [-0.2, -0.15) is 11.8 Å². The lowest BCUT2D eigenvalue weighted by Gasteiger charge is -2.22. The molecule has 0 aliphatic heterocycles. The molecule has 1 aliphatic carbocycles. The smallest absolute Gasteiger partial charge is 0.0501 e. The Balaban J connectivity index is 2.25. The highest BCUT2D eigenvalue weighted by molar-refractivity contribution is 7.99. The average Bonchev–Trinajstić information content (AvgIpc) is 2.46. The number of nitrogens with zero attached hydrogens (tertiary/aromatic N) is 1. The van der Waals surface area contributed by atoms with Crippen molar-refractivity contribution in [3.63, 3.8) is 0 Å². The highest BCUT2D eigenvalue weighted by Crippen LogP contribution is 2.25. The highest BCUT2D eigenvalue weighted by atomic mass is 32.2. The summed E-state index contributed by atoms with van der Waals surface area (Å²) < 4.78 is 0. The first kappa shape index (κ1) is 17.5. The van der Waals surface area contributed by atoms with E-state index in [-0.39, 0.29) is 5.41 Å². The van der Waals surface area contributed by atoms with Gasteiger partial charge in [-0.3, -0.25) is 4.99 Å². The summed E-state index contributed by atoms with van der Waals surface area (Å²) in [4.78, 5) is 4.81. The summed E-state index contributed by atoms with van der Waals surface area (Å²) in [6, 6.07) is 0.455. The van der Waals surface area contributed by atoms with Gasteiger partial charge >= 0.3 is 0 Å². The molecule has 2 nitrogen and oxygen atoms in total. The Morgan fingerprint density at radius 3 is 2.85 bits per heavy atom. The van der Waals surface area contributed by atoms with Gasteiger partial charge in [0.2, 0.25) is 0 Å². The molecule has 0 radical (unpaired) electrons. The largest absolute Gasteiger partial charge is 0.396 e. The van der Waals surface area contributed by atoms with Gasteiger partial charge < -0.3 is 5.11 Å². The second-order valence-electron chi connectivity index (χ2n) is 5.67. The van der Waals surface area contributed by atoms with E-state index < -0.39 is 0 Å². The van der Waals surface area contributed by atoms with Crippen LogP contribution in [0, 0.1) is 5.41 Å². The second-order valence-corrected chi connectivity index (χ2v) is 6.89. The fraction of sp³-hybridized carbons (Fsp3) is 0.706. The van der Waals surface area contributed by atoms with Gasteiger partial charge in [0.25, 0.3) is 0 Å². The van der Waals surface area contributed by atoms with Crippen LogP contribution in [0.1, 0.15) is 46.0 Å². The van der Waals surface area contributed by atoms with E-state index in [1.807, 2.05) is 11.8 Å². The zero-order valence-electron chi connectivity index (χ0n) is 12.9. The molecular weight excluding hydrogens is 266 g/mol. The van der Waals surface area contributed by atoms with Gasteiger partial charge in [-0.15, -0.1) is 0 Å². The molecule has 0 amide bonds. The standard InChI is InChI=1S/C17H29NOS/c1-3-16(9-14-20-13-8-7-12-19)18-15-17(2)10-5-4-6-11-17/h4-6,10,15-16,19H,3,7-9,11-14H2,1-2H3.